The summed E-state index contributed by atoms with van der Waals surface area (Å²) in [6.07, 6.45) is 2.22. The maximum absolute atomic E-state index is 5.55. The molecule has 2 rings (SSSR count). The summed E-state index contributed by atoms with van der Waals surface area (Å²) < 4.78 is 10.9. The lowest BCUT2D eigenvalue weighted by Crippen LogP contribution is -2.26. The van der Waals surface area contributed by atoms with E-state index in [1.807, 2.05) is 19.1 Å². The molecule has 0 radical (unpaired) electrons. The third-order valence-corrected chi connectivity index (χ3v) is 3.89. The van der Waals surface area contributed by atoms with Crippen molar-refractivity contribution in [3.63, 3.8) is 0 Å². The molecule has 0 aliphatic carbocycles. The maximum atomic E-state index is 5.55. The van der Waals surface area contributed by atoms with E-state index in [-0.39, 0.29) is 0 Å². The Kier molecular flexibility index (Phi) is 6.95. The lowest BCUT2D eigenvalue weighted by molar-refractivity contribution is 0.310. The highest BCUT2D eigenvalue weighted by Gasteiger charge is 2.07. The third-order valence-electron chi connectivity index (χ3n) is 3.89. The second kappa shape index (κ2) is 9.21. The molecule has 1 unspecified atom stereocenters. The average molecular weight is 313 g/mol. The normalized spacial score (nSPS) is 12.0. The van der Waals surface area contributed by atoms with E-state index < -0.39 is 0 Å². The second-order valence-corrected chi connectivity index (χ2v) is 5.72. The van der Waals surface area contributed by atoms with Crippen LogP contribution >= 0.6 is 0 Å². The molecule has 0 spiro atoms. The van der Waals surface area contributed by atoms with Gasteiger partial charge in [0.05, 0.1) is 13.7 Å². The predicted octanol–water partition coefficient (Wildman–Crippen LogP) is 4.20. The number of benzene rings is 2. The first kappa shape index (κ1) is 17.4. The van der Waals surface area contributed by atoms with Gasteiger partial charge in [-0.25, -0.2) is 0 Å². The predicted molar refractivity (Wildman–Crippen MR) is 95.2 cm³/mol. The number of hydrogen-bond acceptors (Lipinski definition) is 3. The summed E-state index contributed by atoms with van der Waals surface area (Å²) in [7, 11) is 1.68. The monoisotopic (exact) mass is 313 g/mol. The molecule has 2 aromatic carbocycles. The fourth-order valence-corrected chi connectivity index (χ4v) is 2.52. The van der Waals surface area contributed by atoms with Crippen LogP contribution in [0.25, 0.3) is 0 Å². The minimum absolute atomic E-state index is 0.466. The van der Waals surface area contributed by atoms with Crippen molar-refractivity contribution in [2.24, 2.45) is 0 Å². The zero-order chi connectivity index (χ0) is 16.5. The van der Waals surface area contributed by atoms with Crippen molar-refractivity contribution in [1.82, 2.24) is 5.32 Å². The highest BCUT2D eigenvalue weighted by Crippen LogP contribution is 2.28. The van der Waals surface area contributed by atoms with Crippen molar-refractivity contribution in [2.45, 2.75) is 39.3 Å². The number of hydrogen-bond donors (Lipinski definition) is 1. The summed E-state index contributed by atoms with van der Waals surface area (Å²) in [5.74, 6) is 1.60. The molecule has 3 nitrogen and oxygen atoms in total. The van der Waals surface area contributed by atoms with Gasteiger partial charge in [0.15, 0.2) is 11.5 Å². The van der Waals surface area contributed by atoms with E-state index in [0.717, 1.165) is 30.9 Å². The molecular weight excluding hydrogens is 286 g/mol. The van der Waals surface area contributed by atoms with Crippen LogP contribution in [0.1, 0.15) is 31.4 Å². The van der Waals surface area contributed by atoms with Gasteiger partial charge < -0.3 is 14.8 Å². The van der Waals surface area contributed by atoms with Gasteiger partial charge in [-0.2, -0.15) is 0 Å². The van der Waals surface area contributed by atoms with Crippen molar-refractivity contribution >= 4 is 0 Å². The van der Waals surface area contributed by atoms with Crippen molar-refractivity contribution in [1.29, 1.82) is 0 Å². The number of methoxy groups -OCH3 is 1. The largest absolute Gasteiger partial charge is 0.493 e. The Morgan fingerprint density at radius 1 is 1.00 bits per heavy atom. The number of ether oxygens (including phenoxy) is 2. The quantitative estimate of drug-likeness (QED) is 0.752. The Morgan fingerprint density at radius 3 is 2.48 bits per heavy atom. The fraction of sp³-hybridized carbons (Fsp3) is 0.400. The third kappa shape index (κ3) is 5.61. The highest BCUT2D eigenvalue weighted by molar-refractivity contribution is 5.42. The van der Waals surface area contributed by atoms with Gasteiger partial charge in [0, 0.05) is 12.6 Å². The van der Waals surface area contributed by atoms with Gasteiger partial charge in [0.2, 0.25) is 0 Å². The zero-order valence-electron chi connectivity index (χ0n) is 14.3. The molecule has 0 aliphatic heterocycles. The van der Waals surface area contributed by atoms with Crippen molar-refractivity contribution in [3.05, 3.63) is 59.7 Å². The first-order chi connectivity index (χ1) is 11.2. The molecule has 0 fully saturated rings. The Labute approximate surface area is 139 Å². The van der Waals surface area contributed by atoms with Crippen molar-refractivity contribution < 1.29 is 9.47 Å². The molecule has 0 aromatic heterocycles. The lowest BCUT2D eigenvalue weighted by atomic mass is 10.1. The van der Waals surface area contributed by atoms with Gasteiger partial charge in [0.25, 0.3) is 0 Å². The molecule has 0 aliphatic rings. The topological polar surface area (TPSA) is 30.5 Å². The maximum Gasteiger partial charge on any atom is 0.161 e. The summed E-state index contributed by atoms with van der Waals surface area (Å²) >= 11 is 0. The van der Waals surface area contributed by atoms with E-state index >= 15 is 0 Å². The SMILES string of the molecule is CCOc1ccc(CNC(C)CCc2ccccc2)cc1OC. The molecular formula is C20H27NO2. The van der Waals surface area contributed by atoms with Gasteiger partial charge >= 0.3 is 0 Å². The fourth-order valence-electron chi connectivity index (χ4n) is 2.52. The minimum Gasteiger partial charge on any atom is -0.493 e. The van der Waals surface area contributed by atoms with Gasteiger partial charge in [-0.05, 0) is 49.9 Å². The lowest BCUT2D eigenvalue weighted by Gasteiger charge is -2.15. The van der Waals surface area contributed by atoms with Gasteiger partial charge in [-0.3, -0.25) is 0 Å². The molecule has 23 heavy (non-hydrogen) atoms. The molecule has 1 atom stereocenters. The molecule has 0 saturated heterocycles. The summed E-state index contributed by atoms with van der Waals surface area (Å²) in [5.41, 5.74) is 2.60. The number of aryl methyl sites for hydroxylation is 1. The number of nitrogens with one attached hydrogen (secondary N) is 1. The molecule has 124 valence electrons. The molecule has 0 amide bonds. The Bertz CT molecular complexity index is 583. The molecule has 0 saturated carbocycles. The summed E-state index contributed by atoms with van der Waals surface area (Å²) in [6.45, 7) is 5.68. The van der Waals surface area contributed by atoms with Crippen molar-refractivity contribution in [2.75, 3.05) is 13.7 Å². The van der Waals surface area contributed by atoms with E-state index in [1.165, 1.54) is 11.1 Å². The molecule has 3 heteroatoms. The minimum atomic E-state index is 0.466. The van der Waals surface area contributed by atoms with Gasteiger partial charge in [-0.1, -0.05) is 36.4 Å². The molecule has 0 heterocycles. The molecule has 1 N–H and O–H groups in total. The van der Waals surface area contributed by atoms with Crippen LogP contribution in [0.5, 0.6) is 11.5 Å². The van der Waals surface area contributed by atoms with Crippen LogP contribution in [0.2, 0.25) is 0 Å². The average Bonchev–Trinajstić information content (AvgIpc) is 2.60. The Balaban J connectivity index is 1.82. The van der Waals surface area contributed by atoms with E-state index in [4.69, 9.17) is 9.47 Å². The van der Waals surface area contributed by atoms with E-state index in [0.29, 0.717) is 12.6 Å². The zero-order valence-corrected chi connectivity index (χ0v) is 14.3. The highest BCUT2D eigenvalue weighted by atomic mass is 16.5. The van der Waals surface area contributed by atoms with Gasteiger partial charge in [0.1, 0.15) is 0 Å². The summed E-state index contributed by atoms with van der Waals surface area (Å²) in [4.78, 5) is 0. The first-order valence-corrected chi connectivity index (χ1v) is 8.30. The van der Waals surface area contributed by atoms with Crippen LogP contribution < -0.4 is 14.8 Å². The van der Waals surface area contributed by atoms with E-state index in [2.05, 4.69) is 48.6 Å². The van der Waals surface area contributed by atoms with Crippen LogP contribution in [0, 0.1) is 0 Å². The molecule has 2 aromatic rings. The standard InChI is InChI=1S/C20H27NO2/c1-4-23-19-13-12-18(14-20(19)22-3)15-21-16(2)10-11-17-8-6-5-7-9-17/h5-9,12-14,16,21H,4,10-11,15H2,1-3H3. The van der Waals surface area contributed by atoms with Crippen molar-refractivity contribution in [3.8, 4) is 11.5 Å². The first-order valence-electron chi connectivity index (χ1n) is 8.30. The summed E-state index contributed by atoms with van der Waals surface area (Å²) in [5, 5.41) is 3.58. The molecule has 0 bridgehead atoms. The van der Waals surface area contributed by atoms with Crippen LogP contribution in [0.15, 0.2) is 48.5 Å². The van der Waals surface area contributed by atoms with E-state index in [1.54, 1.807) is 7.11 Å². The van der Waals surface area contributed by atoms with E-state index in [9.17, 15) is 0 Å². The van der Waals surface area contributed by atoms with Crippen LogP contribution in [-0.2, 0) is 13.0 Å². The van der Waals surface area contributed by atoms with Crippen LogP contribution in [0.3, 0.4) is 0 Å². The smallest absolute Gasteiger partial charge is 0.161 e. The Hall–Kier alpha value is -2.00. The van der Waals surface area contributed by atoms with Crippen LogP contribution in [-0.4, -0.2) is 19.8 Å². The second-order valence-electron chi connectivity index (χ2n) is 5.72. The van der Waals surface area contributed by atoms with Crippen LogP contribution in [0.4, 0.5) is 0 Å². The Morgan fingerprint density at radius 2 is 1.78 bits per heavy atom. The summed E-state index contributed by atoms with van der Waals surface area (Å²) in [6, 6.07) is 17.2. The van der Waals surface area contributed by atoms with Gasteiger partial charge in [-0.15, -0.1) is 0 Å². The number of rotatable bonds is 9.